The zero-order chi connectivity index (χ0) is 13.4. The molecule has 0 aliphatic heterocycles. The zero-order valence-corrected chi connectivity index (χ0v) is 12.0. The molecule has 0 fully saturated rings. The fourth-order valence-electron chi connectivity index (χ4n) is 0.818. The molecular formula is C9H16N2O4SSe. The van der Waals surface area contributed by atoms with Crippen LogP contribution in [-0.2, 0) is 19.1 Å². The summed E-state index contributed by atoms with van der Waals surface area (Å²) in [5.41, 5.74) is 10.8. The molecule has 4 N–H and O–H groups in total. The van der Waals surface area contributed by atoms with Crippen molar-refractivity contribution in [3.8, 4) is 0 Å². The van der Waals surface area contributed by atoms with Gasteiger partial charge in [-0.25, -0.2) is 0 Å². The third-order valence-electron chi connectivity index (χ3n) is 1.89. The van der Waals surface area contributed by atoms with Crippen molar-refractivity contribution in [2.45, 2.75) is 30.7 Å². The van der Waals surface area contributed by atoms with Crippen LogP contribution >= 0.6 is 12.6 Å². The first-order valence-electron chi connectivity index (χ1n) is 4.86. The normalized spacial score (nSPS) is 13.9. The summed E-state index contributed by atoms with van der Waals surface area (Å²) in [7, 11) is 0. The molecule has 0 heterocycles. The Kier molecular flexibility index (Phi) is 8.45. The van der Waals surface area contributed by atoms with Crippen LogP contribution in [0.25, 0.3) is 0 Å². The molecule has 6 nitrogen and oxygen atoms in total. The van der Waals surface area contributed by atoms with Crippen LogP contribution in [0, 0.1) is 0 Å². The zero-order valence-electron chi connectivity index (χ0n) is 9.42. The quantitative estimate of drug-likeness (QED) is 0.232. The summed E-state index contributed by atoms with van der Waals surface area (Å²) in [5.74, 6) is 0.155. The van der Waals surface area contributed by atoms with Gasteiger partial charge in [0.15, 0.2) is 0 Å². The molecular weight excluding hydrogens is 311 g/mol. The van der Waals surface area contributed by atoms with Crippen molar-refractivity contribution < 1.29 is 19.1 Å². The second-order valence-electron chi connectivity index (χ2n) is 3.25. The van der Waals surface area contributed by atoms with Gasteiger partial charge in [-0.15, -0.1) is 0 Å². The van der Waals surface area contributed by atoms with E-state index in [4.69, 9.17) is 11.5 Å². The van der Waals surface area contributed by atoms with Gasteiger partial charge in [-0.05, 0) is 0 Å². The molecule has 0 aromatic heterocycles. The van der Waals surface area contributed by atoms with E-state index >= 15 is 0 Å². The predicted octanol–water partition coefficient (Wildman–Crippen LogP) is -1.30. The Morgan fingerprint density at radius 1 is 1.24 bits per heavy atom. The van der Waals surface area contributed by atoms with Gasteiger partial charge < -0.3 is 0 Å². The van der Waals surface area contributed by atoms with Gasteiger partial charge in [0.1, 0.15) is 0 Å². The first-order valence-corrected chi connectivity index (χ1v) is 8.07. The van der Waals surface area contributed by atoms with Crippen LogP contribution in [0.3, 0.4) is 0 Å². The molecule has 0 spiro atoms. The molecule has 0 amide bonds. The third-order valence-corrected chi connectivity index (χ3v) is 3.67. The maximum absolute atomic E-state index is 11.3. The van der Waals surface area contributed by atoms with E-state index in [1.54, 1.807) is 5.82 Å². The summed E-state index contributed by atoms with van der Waals surface area (Å²) < 4.78 is 4.52. The first-order chi connectivity index (χ1) is 7.92. The van der Waals surface area contributed by atoms with E-state index < -0.39 is 24.0 Å². The molecule has 0 saturated heterocycles. The Morgan fingerprint density at radius 2 is 1.76 bits per heavy atom. The SMILES string of the molecule is C[Se]C(=O)CC[C@H](N)C(=O)OC(=O)[C@@H](N)CS. The van der Waals surface area contributed by atoms with Crippen LogP contribution in [-0.4, -0.2) is 49.4 Å². The Balaban J connectivity index is 4.05. The van der Waals surface area contributed by atoms with Gasteiger partial charge >= 0.3 is 111 Å². The van der Waals surface area contributed by atoms with E-state index in [1.807, 2.05) is 0 Å². The molecule has 17 heavy (non-hydrogen) atoms. The fourth-order valence-corrected chi connectivity index (χ4v) is 1.64. The molecule has 0 aromatic rings. The summed E-state index contributed by atoms with van der Waals surface area (Å²) >= 11 is 3.70. The third kappa shape index (κ3) is 6.80. The number of esters is 2. The second-order valence-corrected chi connectivity index (χ2v) is 5.43. The van der Waals surface area contributed by atoms with Crippen LogP contribution in [0.1, 0.15) is 12.8 Å². The van der Waals surface area contributed by atoms with E-state index in [9.17, 15) is 14.4 Å². The van der Waals surface area contributed by atoms with Crippen molar-refractivity contribution in [1.29, 1.82) is 0 Å². The van der Waals surface area contributed by atoms with Crippen molar-refractivity contribution in [3.63, 3.8) is 0 Å². The van der Waals surface area contributed by atoms with Gasteiger partial charge in [-0.1, -0.05) is 0 Å². The maximum atomic E-state index is 11.3. The van der Waals surface area contributed by atoms with Crippen molar-refractivity contribution in [2.75, 3.05) is 5.75 Å². The molecule has 0 aliphatic carbocycles. The van der Waals surface area contributed by atoms with Gasteiger partial charge in [0.25, 0.3) is 0 Å². The number of hydrogen-bond donors (Lipinski definition) is 3. The van der Waals surface area contributed by atoms with Crippen molar-refractivity contribution in [2.24, 2.45) is 11.5 Å². The number of ether oxygens (including phenoxy) is 1. The van der Waals surface area contributed by atoms with Crippen LogP contribution in [0.2, 0.25) is 5.82 Å². The van der Waals surface area contributed by atoms with Gasteiger partial charge in [-0.3, -0.25) is 0 Å². The Morgan fingerprint density at radius 3 is 2.24 bits per heavy atom. The molecule has 0 aromatic carbocycles. The summed E-state index contributed by atoms with van der Waals surface area (Å²) in [5, 5.41) is 0. The number of nitrogens with two attached hydrogens (primary N) is 2. The Bertz CT molecular complexity index is 301. The summed E-state index contributed by atoms with van der Waals surface area (Å²) in [6.45, 7) is 0. The van der Waals surface area contributed by atoms with Gasteiger partial charge in [0.2, 0.25) is 0 Å². The van der Waals surface area contributed by atoms with E-state index in [-0.39, 0.29) is 38.2 Å². The number of rotatable bonds is 7. The van der Waals surface area contributed by atoms with E-state index in [0.717, 1.165) is 0 Å². The molecule has 2 atom stereocenters. The van der Waals surface area contributed by atoms with Crippen LogP contribution in [0.15, 0.2) is 0 Å². The molecule has 0 aliphatic rings. The number of carbonyl (C=O) groups is 3. The summed E-state index contributed by atoms with van der Waals surface area (Å²) in [6.07, 6.45) is 0.399. The Hall–Kier alpha value is -0.401. The standard InChI is InChI=1S/C9H16N2O4SSe/c1-17-7(12)3-2-5(10)8(13)15-9(14)6(11)4-16/h5-6,16H,2-4,10-11H2,1H3/t5-,6-/m0/s1. The minimum atomic E-state index is -0.975. The molecule has 0 bridgehead atoms. The topological polar surface area (TPSA) is 112 Å². The monoisotopic (exact) mass is 328 g/mol. The first kappa shape index (κ1) is 16.6. The predicted molar refractivity (Wildman–Crippen MR) is 66.8 cm³/mol. The van der Waals surface area contributed by atoms with Crippen molar-refractivity contribution >= 4 is 44.2 Å². The van der Waals surface area contributed by atoms with Crippen LogP contribution < -0.4 is 11.5 Å². The van der Waals surface area contributed by atoms with Gasteiger partial charge in [0.05, 0.1) is 0 Å². The van der Waals surface area contributed by atoms with E-state index in [2.05, 4.69) is 17.4 Å². The summed E-state index contributed by atoms with van der Waals surface area (Å²) in [6, 6.07) is -1.92. The van der Waals surface area contributed by atoms with Gasteiger partial charge in [-0.2, -0.15) is 0 Å². The number of hydrogen-bond acceptors (Lipinski definition) is 7. The van der Waals surface area contributed by atoms with Crippen LogP contribution in [0.5, 0.6) is 0 Å². The van der Waals surface area contributed by atoms with Gasteiger partial charge in [0, 0.05) is 0 Å². The average Bonchev–Trinajstić information content (AvgIpc) is 2.33. The number of thiol groups is 1. The summed E-state index contributed by atoms with van der Waals surface area (Å²) in [4.78, 5) is 33.5. The Labute approximate surface area is 111 Å². The minimum absolute atomic E-state index is 0.0686. The fraction of sp³-hybridized carbons (Fsp3) is 0.667. The second kappa shape index (κ2) is 8.66. The number of carbonyl (C=O) groups excluding carboxylic acids is 3. The van der Waals surface area contributed by atoms with Crippen molar-refractivity contribution in [3.05, 3.63) is 0 Å². The molecule has 0 saturated carbocycles. The van der Waals surface area contributed by atoms with E-state index in [0.29, 0.717) is 0 Å². The average molecular weight is 327 g/mol. The molecule has 98 valence electrons. The van der Waals surface area contributed by atoms with Crippen LogP contribution in [0.4, 0.5) is 0 Å². The molecule has 8 heteroatoms. The van der Waals surface area contributed by atoms with Crippen molar-refractivity contribution in [1.82, 2.24) is 0 Å². The molecule has 0 radical (unpaired) electrons. The molecule has 0 rings (SSSR count). The van der Waals surface area contributed by atoms with E-state index in [1.165, 1.54) is 0 Å². The molecule has 0 unspecified atom stereocenters.